The van der Waals surface area contributed by atoms with Crippen LogP contribution in [0.4, 0.5) is 4.39 Å². The molecular formula is C20H31FN2O. The average molecular weight is 334 g/mol. The highest BCUT2D eigenvalue weighted by molar-refractivity contribution is 5.78. The van der Waals surface area contributed by atoms with Crippen molar-refractivity contribution in [3.05, 3.63) is 35.6 Å². The SMILES string of the molecule is CC(C)CN1CCC(CNC(=O)C(C)Cc2ccc(F)cc2)CC1. The summed E-state index contributed by atoms with van der Waals surface area (Å²) in [6.45, 7) is 10.7. The van der Waals surface area contributed by atoms with Crippen molar-refractivity contribution >= 4 is 5.91 Å². The van der Waals surface area contributed by atoms with E-state index in [1.807, 2.05) is 6.92 Å². The van der Waals surface area contributed by atoms with Gasteiger partial charge in [-0.25, -0.2) is 4.39 Å². The Morgan fingerprint density at radius 2 is 1.83 bits per heavy atom. The topological polar surface area (TPSA) is 32.3 Å². The maximum atomic E-state index is 12.9. The lowest BCUT2D eigenvalue weighted by atomic mass is 9.95. The minimum atomic E-state index is -0.236. The molecule has 1 heterocycles. The Balaban J connectivity index is 1.68. The van der Waals surface area contributed by atoms with Gasteiger partial charge in [0.1, 0.15) is 5.82 Å². The Morgan fingerprint density at radius 3 is 2.42 bits per heavy atom. The third kappa shape index (κ3) is 6.23. The first-order chi connectivity index (χ1) is 11.4. The van der Waals surface area contributed by atoms with E-state index in [1.165, 1.54) is 31.5 Å². The molecule has 0 saturated carbocycles. The van der Waals surface area contributed by atoms with Gasteiger partial charge in [0.2, 0.25) is 5.91 Å². The quantitative estimate of drug-likeness (QED) is 0.828. The summed E-state index contributed by atoms with van der Waals surface area (Å²) in [5.74, 6) is 1.09. The van der Waals surface area contributed by atoms with Gasteiger partial charge in [-0.3, -0.25) is 4.79 Å². The highest BCUT2D eigenvalue weighted by Crippen LogP contribution is 2.18. The molecule has 1 atom stereocenters. The number of likely N-dealkylation sites (tertiary alicyclic amines) is 1. The number of hydrogen-bond donors (Lipinski definition) is 1. The number of rotatable bonds is 7. The van der Waals surface area contributed by atoms with Crippen LogP contribution in [0.3, 0.4) is 0 Å². The lowest BCUT2D eigenvalue weighted by molar-refractivity contribution is -0.124. The van der Waals surface area contributed by atoms with E-state index in [4.69, 9.17) is 0 Å². The van der Waals surface area contributed by atoms with Gasteiger partial charge in [-0.15, -0.1) is 0 Å². The van der Waals surface area contributed by atoms with Crippen molar-refractivity contribution in [2.45, 2.75) is 40.0 Å². The van der Waals surface area contributed by atoms with Crippen LogP contribution < -0.4 is 5.32 Å². The summed E-state index contributed by atoms with van der Waals surface area (Å²) in [6, 6.07) is 6.41. The first-order valence-electron chi connectivity index (χ1n) is 9.18. The third-order valence-corrected chi connectivity index (χ3v) is 4.80. The van der Waals surface area contributed by atoms with Crippen LogP contribution in [0.1, 0.15) is 39.2 Å². The highest BCUT2D eigenvalue weighted by Gasteiger charge is 2.21. The molecule has 24 heavy (non-hydrogen) atoms. The van der Waals surface area contributed by atoms with Crippen molar-refractivity contribution in [3.63, 3.8) is 0 Å². The zero-order valence-corrected chi connectivity index (χ0v) is 15.2. The fourth-order valence-corrected chi connectivity index (χ4v) is 3.38. The molecule has 1 fully saturated rings. The van der Waals surface area contributed by atoms with Crippen LogP contribution in [0.15, 0.2) is 24.3 Å². The number of amides is 1. The van der Waals surface area contributed by atoms with Crippen LogP contribution >= 0.6 is 0 Å². The Labute approximate surface area is 145 Å². The molecule has 0 aromatic heterocycles. The van der Waals surface area contributed by atoms with Crippen LogP contribution in [0, 0.1) is 23.6 Å². The predicted octanol–water partition coefficient (Wildman–Crippen LogP) is 3.49. The molecule has 134 valence electrons. The second-order valence-electron chi connectivity index (χ2n) is 7.61. The molecule has 1 aliphatic heterocycles. The van der Waals surface area contributed by atoms with E-state index >= 15 is 0 Å². The van der Waals surface area contributed by atoms with Gasteiger partial charge in [0.25, 0.3) is 0 Å². The third-order valence-electron chi connectivity index (χ3n) is 4.80. The lowest BCUT2D eigenvalue weighted by Gasteiger charge is -2.33. The number of benzene rings is 1. The summed E-state index contributed by atoms with van der Waals surface area (Å²) >= 11 is 0. The second-order valence-corrected chi connectivity index (χ2v) is 7.61. The first kappa shape index (κ1) is 18.9. The van der Waals surface area contributed by atoms with E-state index < -0.39 is 0 Å². The minimum Gasteiger partial charge on any atom is -0.356 e. The Hall–Kier alpha value is -1.42. The van der Waals surface area contributed by atoms with Crippen molar-refractivity contribution in [1.29, 1.82) is 0 Å². The first-order valence-corrected chi connectivity index (χ1v) is 9.18. The van der Waals surface area contributed by atoms with Gasteiger partial charge in [0.05, 0.1) is 0 Å². The Morgan fingerprint density at radius 1 is 1.21 bits per heavy atom. The Bertz CT molecular complexity index is 507. The number of halogens is 1. The number of hydrogen-bond acceptors (Lipinski definition) is 2. The fraction of sp³-hybridized carbons (Fsp3) is 0.650. The van der Waals surface area contributed by atoms with Crippen LogP contribution in [-0.2, 0) is 11.2 Å². The van der Waals surface area contributed by atoms with Crippen LogP contribution in [0.25, 0.3) is 0 Å². The number of nitrogens with one attached hydrogen (secondary N) is 1. The summed E-state index contributed by atoms with van der Waals surface area (Å²) in [5, 5.41) is 3.11. The molecule has 1 unspecified atom stereocenters. The molecule has 1 aromatic carbocycles. The van der Waals surface area contributed by atoms with E-state index in [2.05, 4.69) is 24.1 Å². The van der Waals surface area contributed by atoms with Gasteiger partial charge in [0, 0.05) is 19.0 Å². The molecule has 0 radical (unpaired) electrons. The van der Waals surface area contributed by atoms with Crippen molar-refractivity contribution < 1.29 is 9.18 Å². The normalized spacial score (nSPS) is 17.9. The Kier molecular flexibility index (Phi) is 7.22. The van der Waals surface area contributed by atoms with Crippen LogP contribution in [-0.4, -0.2) is 37.0 Å². The molecule has 1 N–H and O–H groups in total. The maximum Gasteiger partial charge on any atom is 0.223 e. The van der Waals surface area contributed by atoms with Crippen LogP contribution in [0.5, 0.6) is 0 Å². The van der Waals surface area contributed by atoms with Gasteiger partial charge in [-0.2, -0.15) is 0 Å². The predicted molar refractivity (Wildman–Crippen MR) is 96.3 cm³/mol. The molecule has 1 aromatic rings. The van der Waals surface area contributed by atoms with Gasteiger partial charge in [-0.1, -0.05) is 32.9 Å². The van der Waals surface area contributed by atoms with Crippen molar-refractivity contribution in [3.8, 4) is 0 Å². The molecule has 0 spiro atoms. The second kappa shape index (κ2) is 9.16. The standard InChI is InChI=1S/C20H31FN2O/c1-15(2)14-23-10-8-18(9-11-23)13-22-20(24)16(3)12-17-4-6-19(21)7-5-17/h4-7,15-16,18H,8-14H2,1-3H3,(H,22,24). The van der Waals surface area contributed by atoms with E-state index in [9.17, 15) is 9.18 Å². The average Bonchev–Trinajstić information content (AvgIpc) is 2.55. The van der Waals surface area contributed by atoms with Gasteiger partial charge >= 0.3 is 0 Å². The van der Waals surface area contributed by atoms with Crippen molar-refractivity contribution in [2.75, 3.05) is 26.2 Å². The summed E-state index contributed by atoms with van der Waals surface area (Å²) in [5.41, 5.74) is 1.00. The van der Waals surface area contributed by atoms with E-state index in [0.717, 1.165) is 25.2 Å². The molecule has 2 rings (SSSR count). The van der Waals surface area contributed by atoms with Crippen molar-refractivity contribution in [1.82, 2.24) is 10.2 Å². The summed E-state index contributed by atoms with van der Waals surface area (Å²) < 4.78 is 12.9. The maximum absolute atomic E-state index is 12.9. The fourth-order valence-electron chi connectivity index (χ4n) is 3.38. The molecule has 4 heteroatoms. The van der Waals surface area contributed by atoms with Gasteiger partial charge in [-0.05, 0) is 61.9 Å². The summed E-state index contributed by atoms with van der Waals surface area (Å²) in [7, 11) is 0. The molecule has 0 bridgehead atoms. The number of piperidine rings is 1. The highest BCUT2D eigenvalue weighted by atomic mass is 19.1. The van der Waals surface area contributed by atoms with Gasteiger partial charge < -0.3 is 10.2 Å². The molecule has 1 saturated heterocycles. The number of carbonyl (C=O) groups excluding carboxylic acids is 1. The molecule has 0 aliphatic carbocycles. The zero-order chi connectivity index (χ0) is 17.5. The molecule has 1 amide bonds. The van der Waals surface area contributed by atoms with Crippen LogP contribution in [0.2, 0.25) is 0 Å². The largest absolute Gasteiger partial charge is 0.356 e. The minimum absolute atomic E-state index is 0.0866. The molecular weight excluding hydrogens is 303 g/mol. The number of carbonyl (C=O) groups is 1. The summed E-state index contributed by atoms with van der Waals surface area (Å²) in [4.78, 5) is 14.8. The lowest BCUT2D eigenvalue weighted by Crippen LogP contribution is -2.41. The zero-order valence-electron chi connectivity index (χ0n) is 15.2. The number of nitrogens with zero attached hydrogens (tertiary/aromatic N) is 1. The van der Waals surface area contributed by atoms with Gasteiger partial charge in [0.15, 0.2) is 0 Å². The summed E-state index contributed by atoms with van der Waals surface area (Å²) in [6.07, 6.45) is 2.98. The smallest absolute Gasteiger partial charge is 0.223 e. The molecule has 3 nitrogen and oxygen atoms in total. The van der Waals surface area contributed by atoms with E-state index in [-0.39, 0.29) is 17.6 Å². The van der Waals surface area contributed by atoms with E-state index in [0.29, 0.717) is 18.3 Å². The van der Waals surface area contributed by atoms with Crippen molar-refractivity contribution in [2.24, 2.45) is 17.8 Å². The monoisotopic (exact) mass is 334 g/mol. The van der Waals surface area contributed by atoms with E-state index in [1.54, 1.807) is 12.1 Å². The molecule has 1 aliphatic rings.